The second kappa shape index (κ2) is 7.85. The molecule has 2 rings (SSSR count). The number of nitrogens with zero attached hydrogens (tertiary/aromatic N) is 1. The zero-order valence-corrected chi connectivity index (χ0v) is 15.8. The Labute approximate surface area is 148 Å². The minimum absolute atomic E-state index is 0.0538. The van der Waals surface area contributed by atoms with E-state index in [9.17, 15) is 14.4 Å². The number of ketones is 1. The van der Waals surface area contributed by atoms with Crippen molar-refractivity contribution in [1.29, 1.82) is 0 Å². The number of Topliss-reactive ketones (excluding diaryl/α,β-unsaturated/α-hetero) is 1. The summed E-state index contributed by atoms with van der Waals surface area (Å²) < 4.78 is 4.83. The van der Waals surface area contributed by atoms with Crippen LogP contribution in [0, 0.1) is 12.8 Å². The van der Waals surface area contributed by atoms with E-state index in [0.29, 0.717) is 28.4 Å². The number of amides is 1. The molecule has 0 saturated heterocycles. The molecule has 2 atom stereocenters. The molecule has 1 aliphatic carbocycles. The number of carbonyl (C=O) groups excluding carboxylic acids is 3. The van der Waals surface area contributed by atoms with Gasteiger partial charge in [-0.25, -0.2) is 4.79 Å². The molecule has 6 heteroatoms. The van der Waals surface area contributed by atoms with Crippen LogP contribution in [0.1, 0.15) is 71.6 Å². The highest BCUT2D eigenvalue weighted by molar-refractivity contribution is 6.01. The van der Waals surface area contributed by atoms with Gasteiger partial charge in [-0.15, -0.1) is 0 Å². The highest BCUT2D eigenvalue weighted by atomic mass is 16.5. The lowest BCUT2D eigenvalue weighted by Gasteiger charge is -2.36. The number of methoxy groups -OCH3 is 1. The Kier molecular flexibility index (Phi) is 6.03. The fourth-order valence-corrected chi connectivity index (χ4v) is 3.85. The van der Waals surface area contributed by atoms with E-state index in [1.54, 1.807) is 11.8 Å². The number of aromatic amines is 1. The van der Waals surface area contributed by atoms with Crippen molar-refractivity contribution in [2.75, 3.05) is 14.2 Å². The van der Waals surface area contributed by atoms with Crippen molar-refractivity contribution in [3.63, 3.8) is 0 Å². The molecular weight excluding hydrogens is 320 g/mol. The van der Waals surface area contributed by atoms with Gasteiger partial charge >= 0.3 is 5.97 Å². The molecule has 1 aromatic rings. The van der Waals surface area contributed by atoms with Crippen molar-refractivity contribution in [2.24, 2.45) is 5.92 Å². The first-order valence-electron chi connectivity index (χ1n) is 8.84. The zero-order chi connectivity index (χ0) is 18.7. The molecule has 0 spiro atoms. The molecule has 2 unspecified atom stereocenters. The van der Waals surface area contributed by atoms with E-state index in [1.165, 1.54) is 20.5 Å². The van der Waals surface area contributed by atoms with Crippen molar-refractivity contribution < 1.29 is 19.1 Å². The van der Waals surface area contributed by atoms with Gasteiger partial charge in [0.2, 0.25) is 5.91 Å². The lowest BCUT2D eigenvalue weighted by atomic mass is 9.85. The van der Waals surface area contributed by atoms with Crippen LogP contribution < -0.4 is 0 Å². The topological polar surface area (TPSA) is 79.5 Å². The third kappa shape index (κ3) is 3.94. The number of aromatic nitrogens is 1. The first-order valence-corrected chi connectivity index (χ1v) is 8.84. The van der Waals surface area contributed by atoms with Gasteiger partial charge in [0, 0.05) is 25.7 Å². The highest BCUT2D eigenvalue weighted by Crippen LogP contribution is 2.28. The van der Waals surface area contributed by atoms with Crippen LogP contribution in [-0.4, -0.2) is 47.7 Å². The lowest BCUT2D eigenvalue weighted by molar-refractivity contribution is -0.132. The Morgan fingerprint density at radius 2 is 1.88 bits per heavy atom. The Balaban J connectivity index is 2.26. The third-order valence-electron chi connectivity index (χ3n) is 5.35. The van der Waals surface area contributed by atoms with Gasteiger partial charge in [0.25, 0.3) is 0 Å². The monoisotopic (exact) mass is 348 g/mol. The summed E-state index contributed by atoms with van der Waals surface area (Å²) in [6, 6.07) is 0.228. The molecule has 6 nitrogen and oxygen atoms in total. The number of ether oxygens (including phenoxy) is 1. The van der Waals surface area contributed by atoms with E-state index in [1.807, 2.05) is 7.05 Å². The summed E-state index contributed by atoms with van der Waals surface area (Å²) in [6.45, 7) is 5.31. The van der Waals surface area contributed by atoms with Crippen LogP contribution >= 0.6 is 0 Å². The van der Waals surface area contributed by atoms with Crippen LogP contribution in [0.5, 0.6) is 0 Å². The van der Waals surface area contributed by atoms with Crippen LogP contribution in [-0.2, 0) is 16.0 Å². The van der Waals surface area contributed by atoms with Gasteiger partial charge in [-0.2, -0.15) is 0 Å². The zero-order valence-electron chi connectivity index (χ0n) is 15.8. The van der Waals surface area contributed by atoms with E-state index in [4.69, 9.17) is 4.74 Å². The number of hydrogen-bond acceptors (Lipinski definition) is 4. The van der Waals surface area contributed by atoms with E-state index >= 15 is 0 Å². The van der Waals surface area contributed by atoms with Gasteiger partial charge in [0.05, 0.1) is 24.8 Å². The summed E-state index contributed by atoms with van der Waals surface area (Å²) in [5, 5.41) is 0. The predicted octanol–water partition coefficient (Wildman–Crippen LogP) is 2.89. The quantitative estimate of drug-likeness (QED) is 0.655. The van der Waals surface area contributed by atoms with Crippen LogP contribution in [0.2, 0.25) is 0 Å². The smallest absolute Gasteiger partial charge is 0.339 e. The predicted molar refractivity (Wildman–Crippen MR) is 94.8 cm³/mol. The Morgan fingerprint density at radius 3 is 2.44 bits per heavy atom. The SMILES string of the molecule is COC(=O)c1c(CC(=O)N(C)C2CCCCC2C)[nH]c(C(C)=O)c1C. The second-order valence-electron chi connectivity index (χ2n) is 7.04. The maximum absolute atomic E-state index is 12.8. The normalized spacial score (nSPS) is 20.2. The van der Waals surface area contributed by atoms with Crippen LogP contribution in [0.25, 0.3) is 0 Å². The minimum Gasteiger partial charge on any atom is -0.465 e. The fourth-order valence-electron chi connectivity index (χ4n) is 3.85. The number of H-pyrrole nitrogens is 1. The van der Waals surface area contributed by atoms with Gasteiger partial charge in [-0.1, -0.05) is 19.8 Å². The van der Waals surface area contributed by atoms with Crippen molar-refractivity contribution in [2.45, 2.75) is 58.9 Å². The molecular formula is C19H28N2O4. The molecule has 1 N–H and O–H groups in total. The molecule has 1 heterocycles. The molecule has 0 aromatic carbocycles. The Bertz CT molecular complexity index is 677. The van der Waals surface area contributed by atoms with Crippen molar-refractivity contribution >= 4 is 17.7 Å². The van der Waals surface area contributed by atoms with Crippen LogP contribution in [0.3, 0.4) is 0 Å². The van der Waals surface area contributed by atoms with Crippen molar-refractivity contribution in [1.82, 2.24) is 9.88 Å². The summed E-state index contributed by atoms with van der Waals surface area (Å²) >= 11 is 0. The van der Waals surface area contributed by atoms with Crippen LogP contribution in [0.15, 0.2) is 0 Å². The molecule has 138 valence electrons. The maximum atomic E-state index is 12.8. The first-order chi connectivity index (χ1) is 11.8. The molecule has 0 radical (unpaired) electrons. The van der Waals surface area contributed by atoms with Gasteiger partial charge < -0.3 is 14.6 Å². The van der Waals surface area contributed by atoms with Crippen molar-refractivity contribution in [3.8, 4) is 0 Å². The minimum atomic E-state index is -0.530. The number of nitrogens with one attached hydrogen (secondary N) is 1. The summed E-state index contributed by atoms with van der Waals surface area (Å²) in [7, 11) is 3.12. The summed E-state index contributed by atoms with van der Waals surface area (Å²) in [5.74, 6) is -0.283. The van der Waals surface area contributed by atoms with E-state index in [0.717, 1.165) is 19.3 Å². The second-order valence-corrected chi connectivity index (χ2v) is 7.04. The molecule has 1 amide bonds. The van der Waals surface area contributed by atoms with E-state index in [2.05, 4.69) is 11.9 Å². The van der Waals surface area contributed by atoms with Crippen LogP contribution in [0.4, 0.5) is 0 Å². The van der Waals surface area contributed by atoms with Gasteiger partial charge in [0.15, 0.2) is 5.78 Å². The molecule has 1 aliphatic rings. The fraction of sp³-hybridized carbons (Fsp3) is 0.632. The summed E-state index contributed by atoms with van der Waals surface area (Å²) in [4.78, 5) is 41.4. The van der Waals surface area contributed by atoms with Crippen molar-refractivity contribution in [3.05, 3.63) is 22.5 Å². The summed E-state index contributed by atoms with van der Waals surface area (Å²) in [6.07, 6.45) is 4.54. The Morgan fingerprint density at radius 1 is 1.24 bits per heavy atom. The van der Waals surface area contributed by atoms with E-state index in [-0.39, 0.29) is 24.2 Å². The third-order valence-corrected chi connectivity index (χ3v) is 5.35. The number of likely N-dealkylation sites (N-methyl/N-ethyl adjacent to an activating group) is 1. The largest absolute Gasteiger partial charge is 0.465 e. The van der Waals surface area contributed by atoms with E-state index < -0.39 is 5.97 Å². The Hall–Kier alpha value is -2.11. The molecule has 1 aromatic heterocycles. The van der Waals surface area contributed by atoms with Gasteiger partial charge in [0.1, 0.15) is 0 Å². The van der Waals surface area contributed by atoms with Gasteiger partial charge in [-0.3, -0.25) is 9.59 Å². The molecule has 0 aliphatic heterocycles. The molecule has 1 saturated carbocycles. The van der Waals surface area contributed by atoms with Gasteiger partial charge in [-0.05, 0) is 31.2 Å². The number of carbonyl (C=O) groups is 3. The highest BCUT2D eigenvalue weighted by Gasteiger charge is 2.30. The molecule has 0 bridgehead atoms. The first kappa shape index (κ1) is 19.2. The average molecular weight is 348 g/mol. The number of esters is 1. The average Bonchev–Trinajstić information content (AvgIpc) is 2.90. The number of hydrogen-bond donors (Lipinski definition) is 1. The number of rotatable bonds is 5. The molecule has 1 fully saturated rings. The maximum Gasteiger partial charge on any atom is 0.339 e. The lowest BCUT2D eigenvalue weighted by Crippen LogP contribution is -2.43. The summed E-state index contributed by atoms with van der Waals surface area (Å²) in [5.41, 5.74) is 1.65. The standard InChI is InChI=1S/C19H28N2O4/c1-11-8-6-7-9-15(11)21(4)16(23)10-14-17(19(24)25-5)12(2)18(20-14)13(3)22/h11,15,20H,6-10H2,1-5H3. The molecule has 25 heavy (non-hydrogen) atoms.